The lowest BCUT2D eigenvalue weighted by Gasteiger charge is -2.32. The quantitative estimate of drug-likeness (QED) is 0.908. The summed E-state index contributed by atoms with van der Waals surface area (Å²) in [6, 6.07) is -0.635. The first-order chi connectivity index (χ1) is 10.8. The van der Waals surface area contributed by atoms with Gasteiger partial charge in [-0.25, -0.2) is 4.79 Å². The molecule has 0 bridgehead atoms. The van der Waals surface area contributed by atoms with Crippen molar-refractivity contribution in [3.63, 3.8) is 0 Å². The summed E-state index contributed by atoms with van der Waals surface area (Å²) < 4.78 is 1.75. The number of aliphatic carboxylic acids is 1. The molecule has 0 radical (unpaired) electrons. The smallest absolute Gasteiger partial charge is 0.326 e. The fourth-order valence-corrected chi connectivity index (χ4v) is 3.92. The lowest BCUT2D eigenvalue weighted by molar-refractivity contribution is -0.141. The van der Waals surface area contributed by atoms with Gasteiger partial charge >= 0.3 is 5.97 Å². The van der Waals surface area contributed by atoms with Gasteiger partial charge in [0.1, 0.15) is 6.04 Å². The highest BCUT2D eigenvalue weighted by atomic mass is 16.4. The normalized spacial score (nSPS) is 27.8. The number of carboxylic acids is 1. The van der Waals surface area contributed by atoms with Gasteiger partial charge in [-0.15, -0.1) is 0 Å². The zero-order valence-electron chi connectivity index (χ0n) is 14.0. The van der Waals surface area contributed by atoms with Gasteiger partial charge in [-0.1, -0.05) is 12.8 Å². The van der Waals surface area contributed by atoms with E-state index in [0.29, 0.717) is 17.9 Å². The summed E-state index contributed by atoms with van der Waals surface area (Å²) in [4.78, 5) is 26.2. The number of carbonyl (C=O) groups excluding carboxylic acids is 1. The Morgan fingerprint density at radius 1 is 1.26 bits per heavy atom. The second-order valence-electron chi connectivity index (χ2n) is 7.76. The van der Waals surface area contributed by atoms with Crippen LogP contribution in [-0.4, -0.2) is 43.7 Å². The van der Waals surface area contributed by atoms with Crippen molar-refractivity contribution in [3.05, 3.63) is 18.0 Å². The van der Waals surface area contributed by atoms with Crippen LogP contribution in [0.5, 0.6) is 0 Å². The number of rotatable bonds is 2. The highest BCUT2D eigenvalue weighted by Gasteiger charge is 2.47. The zero-order chi connectivity index (χ0) is 16.8. The van der Waals surface area contributed by atoms with Gasteiger partial charge < -0.3 is 10.0 Å². The van der Waals surface area contributed by atoms with Gasteiger partial charge in [0.15, 0.2) is 0 Å². The lowest BCUT2D eigenvalue weighted by atomic mass is 9.84. The molecule has 2 fully saturated rings. The highest BCUT2D eigenvalue weighted by Crippen LogP contribution is 2.40. The fourth-order valence-electron chi connectivity index (χ4n) is 3.92. The van der Waals surface area contributed by atoms with E-state index in [1.807, 2.05) is 20.8 Å². The van der Waals surface area contributed by atoms with Gasteiger partial charge in [-0.2, -0.15) is 5.10 Å². The average Bonchev–Trinajstić information content (AvgIpc) is 3.11. The molecule has 1 aliphatic heterocycles. The Kier molecular flexibility index (Phi) is 3.94. The molecular weight excluding hydrogens is 294 g/mol. The van der Waals surface area contributed by atoms with E-state index >= 15 is 0 Å². The van der Waals surface area contributed by atoms with E-state index in [1.54, 1.807) is 22.0 Å². The van der Waals surface area contributed by atoms with Crippen molar-refractivity contribution in [2.24, 2.45) is 5.92 Å². The lowest BCUT2D eigenvalue weighted by Crippen LogP contribution is -2.46. The van der Waals surface area contributed by atoms with Crippen molar-refractivity contribution >= 4 is 11.9 Å². The van der Waals surface area contributed by atoms with Crippen molar-refractivity contribution in [1.82, 2.24) is 14.7 Å². The van der Waals surface area contributed by atoms with Crippen LogP contribution in [0, 0.1) is 5.92 Å². The van der Waals surface area contributed by atoms with Crippen molar-refractivity contribution in [2.45, 2.75) is 70.5 Å². The number of carbonyl (C=O) groups is 2. The van der Waals surface area contributed by atoms with E-state index in [1.165, 1.54) is 0 Å². The van der Waals surface area contributed by atoms with Crippen LogP contribution in [0.15, 0.2) is 12.4 Å². The van der Waals surface area contributed by atoms with Gasteiger partial charge in [0.2, 0.25) is 0 Å². The van der Waals surface area contributed by atoms with Gasteiger partial charge in [0.05, 0.1) is 17.3 Å². The predicted molar refractivity (Wildman–Crippen MR) is 85.2 cm³/mol. The Bertz CT molecular complexity index is 617. The second-order valence-corrected chi connectivity index (χ2v) is 7.76. The zero-order valence-corrected chi connectivity index (χ0v) is 14.0. The first-order valence-electron chi connectivity index (χ1n) is 8.39. The summed E-state index contributed by atoms with van der Waals surface area (Å²) in [5.41, 5.74) is 0.278. The number of hydrogen-bond acceptors (Lipinski definition) is 3. The fraction of sp³-hybridized carbons (Fsp3) is 0.706. The minimum Gasteiger partial charge on any atom is -0.480 e. The van der Waals surface area contributed by atoms with Crippen LogP contribution in [0.25, 0.3) is 0 Å². The van der Waals surface area contributed by atoms with Crippen LogP contribution >= 0.6 is 0 Å². The molecule has 0 aromatic carbocycles. The second kappa shape index (κ2) is 5.65. The Balaban J connectivity index is 1.89. The summed E-state index contributed by atoms with van der Waals surface area (Å²) in [6.45, 7) is 6.05. The largest absolute Gasteiger partial charge is 0.480 e. The van der Waals surface area contributed by atoms with Crippen LogP contribution in [0.3, 0.4) is 0 Å². The maximum Gasteiger partial charge on any atom is 0.326 e. The van der Waals surface area contributed by atoms with Gasteiger partial charge in [-0.05, 0) is 46.0 Å². The molecule has 3 atom stereocenters. The summed E-state index contributed by atoms with van der Waals surface area (Å²) >= 11 is 0. The number of hydrogen-bond donors (Lipinski definition) is 1. The minimum atomic E-state index is -0.893. The molecule has 1 aromatic rings. The van der Waals surface area contributed by atoms with Crippen LogP contribution in [0.1, 0.15) is 63.2 Å². The molecule has 1 saturated heterocycles. The molecule has 1 aromatic heterocycles. The van der Waals surface area contributed by atoms with Crippen LogP contribution in [0.2, 0.25) is 0 Å². The number of nitrogens with zero attached hydrogens (tertiary/aromatic N) is 3. The molecule has 1 saturated carbocycles. The molecule has 1 amide bonds. The van der Waals surface area contributed by atoms with E-state index in [4.69, 9.17) is 0 Å². The van der Waals surface area contributed by atoms with Crippen molar-refractivity contribution in [2.75, 3.05) is 0 Å². The third-order valence-electron chi connectivity index (χ3n) is 5.12. The van der Waals surface area contributed by atoms with E-state index in [0.717, 1.165) is 25.7 Å². The molecule has 3 rings (SSSR count). The monoisotopic (exact) mass is 319 g/mol. The number of fused-ring (bicyclic) bond motifs is 1. The summed E-state index contributed by atoms with van der Waals surface area (Å²) in [5.74, 6) is -0.760. The number of carboxylic acid groups (broad SMARTS) is 1. The SMILES string of the molecule is CC(C)(C)n1cc(C(=O)N2[C@@H]3CCCC[C@H]3C[C@H]2C(=O)O)cn1. The molecular formula is C17H25N3O3. The molecule has 1 aliphatic carbocycles. The third-order valence-corrected chi connectivity index (χ3v) is 5.12. The third kappa shape index (κ3) is 2.86. The first kappa shape index (κ1) is 16.0. The maximum atomic E-state index is 13.0. The Hall–Kier alpha value is -1.85. The molecule has 0 unspecified atom stereocenters. The standard InChI is InChI=1S/C17H25N3O3/c1-17(2,3)19-10-12(9-18-19)15(21)20-13-7-5-4-6-11(13)8-14(20)16(22)23/h9-11,13-14H,4-8H2,1-3H3,(H,22,23)/t11-,13+,14-/m0/s1. The van der Waals surface area contributed by atoms with E-state index in [2.05, 4.69) is 5.10 Å². The summed E-state index contributed by atoms with van der Waals surface area (Å²) in [6.07, 6.45) is 8.02. The Morgan fingerprint density at radius 2 is 1.96 bits per heavy atom. The molecule has 2 aliphatic rings. The molecule has 126 valence electrons. The van der Waals surface area contributed by atoms with Gasteiger partial charge in [0, 0.05) is 12.2 Å². The molecule has 6 nitrogen and oxygen atoms in total. The van der Waals surface area contributed by atoms with E-state index in [-0.39, 0.29) is 17.5 Å². The first-order valence-corrected chi connectivity index (χ1v) is 8.39. The van der Waals surface area contributed by atoms with Crippen molar-refractivity contribution in [1.29, 1.82) is 0 Å². The molecule has 1 N–H and O–H groups in total. The van der Waals surface area contributed by atoms with E-state index in [9.17, 15) is 14.7 Å². The van der Waals surface area contributed by atoms with Crippen LogP contribution < -0.4 is 0 Å². The average molecular weight is 319 g/mol. The highest BCUT2D eigenvalue weighted by molar-refractivity contribution is 5.97. The van der Waals surface area contributed by atoms with Gasteiger partial charge in [0.25, 0.3) is 5.91 Å². The van der Waals surface area contributed by atoms with Crippen LogP contribution in [0.4, 0.5) is 0 Å². The van der Waals surface area contributed by atoms with Crippen LogP contribution in [-0.2, 0) is 10.3 Å². The van der Waals surface area contributed by atoms with Crippen molar-refractivity contribution < 1.29 is 14.7 Å². The molecule has 0 spiro atoms. The number of amides is 1. The predicted octanol–water partition coefficient (Wildman–Crippen LogP) is 2.50. The Morgan fingerprint density at radius 3 is 2.57 bits per heavy atom. The van der Waals surface area contributed by atoms with E-state index < -0.39 is 12.0 Å². The Labute approximate surface area is 136 Å². The number of aromatic nitrogens is 2. The van der Waals surface area contributed by atoms with Crippen molar-refractivity contribution in [3.8, 4) is 0 Å². The van der Waals surface area contributed by atoms with Gasteiger partial charge in [-0.3, -0.25) is 9.48 Å². The topological polar surface area (TPSA) is 75.4 Å². The molecule has 23 heavy (non-hydrogen) atoms. The summed E-state index contributed by atoms with van der Waals surface area (Å²) in [5, 5.41) is 13.8. The molecule has 2 heterocycles. The molecule has 6 heteroatoms. The minimum absolute atomic E-state index is 0.0651. The number of likely N-dealkylation sites (tertiary alicyclic amines) is 1. The summed E-state index contributed by atoms with van der Waals surface area (Å²) in [7, 11) is 0. The maximum absolute atomic E-state index is 13.0.